The van der Waals surface area contributed by atoms with Crippen molar-refractivity contribution in [3.8, 4) is 0 Å². The molecule has 0 aromatic heterocycles. The summed E-state index contributed by atoms with van der Waals surface area (Å²) in [5.74, 6) is 1.16. The Balaban J connectivity index is -0.0000000718. The molecule has 40 heteroatoms. The van der Waals surface area contributed by atoms with E-state index in [0.717, 1.165) is 202 Å². The van der Waals surface area contributed by atoms with Crippen molar-refractivity contribution in [2.45, 2.75) is 200 Å². The number of hydrogen-bond donors (Lipinski definition) is 3. The van der Waals surface area contributed by atoms with Gasteiger partial charge in [0.15, 0.2) is 0 Å². The number of Topliss-reactive ketones (excluding diaryl/α,β-unsaturated/α-hetero) is 1. The number of benzene rings is 4. The molecule has 0 atom stereocenters. The van der Waals surface area contributed by atoms with E-state index in [4.69, 9.17) is 4.79 Å². The van der Waals surface area contributed by atoms with Crippen LogP contribution in [0.3, 0.4) is 0 Å². The van der Waals surface area contributed by atoms with Crippen LogP contribution in [-0.2, 0) is 235 Å². The van der Waals surface area contributed by atoms with Crippen LogP contribution >= 0.6 is 0 Å². The van der Waals surface area contributed by atoms with Crippen molar-refractivity contribution in [1.82, 2.24) is 79.6 Å². The number of nitrogens with zero attached hydrogens (tertiary/aromatic N) is 13. The van der Waals surface area contributed by atoms with E-state index < -0.39 is 6.39 Å². The first-order valence-corrected chi connectivity index (χ1v) is 44.1. The van der Waals surface area contributed by atoms with Gasteiger partial charge in [0.05, 0.1) is 12.1 Å². The average Bonchev–Trinajstić information content (AvgIpc) is 0.663. The van der Waals surface area contributed by atoms with Gasteiger partial charge in [0.25, 0.3) is 0 Å². The van der Waals surface area contributed by atoms with E-state index in [-0.39, 0.29) is 268 Å². The molecule has 4 aromatic rings. The average molecular weight is 2330 g/mol. The Morgan fingerprint density at radius 1 is 0.360 bits per heavy atom. The molecule has 4 aromatic carbocycles. The topological polar surface area (TPSA) is 215 Å². The van der Waals surface area contributed by atoms with Gasteiger partial charge in [0.2, 0.25) is 5.91 Å². The van der Waals surface area contributed by atoms with Crippen molar-refractivity contribution in [3.63, 3.8) is 0 Å². The van der Waals surface area contributed by atoms with Gasteiger partial charge in [-0.25, -0.2) is 0 Å². The number of ketones is 1. The molecule has 14 rings (SSSR count). The zero-order valence-corrected chi connectivity index (χ0v) is 99.5. The molecule has 10 fully saturated rings. The number of hydrogen-bond acceptors (Lipinski definition) is 18. The summed E-state index contributed by atoms with van der Waals surface area (Å²) in [6.07, 6.45) is 10.4. The quantitative estimate of drug-likeness (QED) is 0.0795. The second-order valence-electron chi connectivity index (χ2n) is 28.0. The summed E-state index contributed by atoms with van der Waals surface area (Å²) in [7, 11) is 36.2. The normalized spacial score (nSPS) is 15.7. The number of rotatable bonds is 14. The largest absolute Gasteiger partial charge is 0.542 e. The number of piperazine rings is 6. The Morgan fingerprint density at radius 3 is 0.750 bits per heavy atom. The van der Waals surface area contributed by atoms with Gasteiger partial charge < -0.3 is 88.7 Å². The Hall–Kier alpha value is -0.0873. The standard InChI is InChI=1S/C21H24N3O.C17H19N.C10H16N3O2.C8H14N3O.C6H11N2O.C5H9N2O.C5H12N2.C3H6O.C2H3O.6C2H6.7CH4.B4.B3.B2.B.6Y/c25-17-22-11-13-23(14-12-22)20-15-24(16-20)21(18-7-3-1-4-8-18)19-9-5-2-6-10-19;1-14-12-18(13-14)17(15-8-4-2-5-9-15)16-10-6-3-7-11-16;1-9(15)13-6-10(7-13)12-4-2-11(8-14)3-5-12;12-7-10-1-3-11(4-2-10)8-5-9-6-8;1-7-2-4-8(6-9)5-3-7;8-5-7-3-1-6-2-4-7;1-7-4-2-6-3-5-7;1-3(2)4;1-2-3;6*1-2;;;;;;;;1-4(2)3;1-3-2;1-2;;;;;;;/h1-10,20-21H,11-16H2;2-11,14,17H,12-13H2,1H3;10H,2-7H2,1H3;8-9H,1-6H2;2-5H2,1H3;6H,1-4H2;6H,2-5H2,1H3;1-2H3;1H3;6*1-2H3;7*1H4;;;;;;;;;;/q-1;;4*-1;;;-1;;;;;;;;;;;;;;;;;;;;;;;. The molecule has 3 N–H and O–H groups in total. The molecule has 0 unspecified atom stereocenters. The molecule has 10 aliphatic heterocycles. The van der Waals surface area contributed by atoms with Crippen molar-refractivity contribution in [3.05, 3.63) is 144 Å². The number of amides is 6. The first kappa shape index (κ1) is 178. The maximum atomic E-state index is 11.0. The molecule has 0 aliphatic carbocycles. The van der Waals surface area contributed by atoms with Crippen molar-refractivity contribution in [2.75, 3.05) is 224 Å². The van der Waals surface area contributed by atoms with Crippen LogP contribution in [0.2, 0.25) is 0 Å². The molecule has 0 saturated carbocycles. The van der Waals surface area contributed by atoms with Crippen molar-refractivity contribution in [2.24, 2.45) is 5.92 Å². The summed E-state index contributed by atoms with van der Waals surface area (Å²) < 4.78 is 0. The predicted molar refractivity (Wildman–Crippen MR) is 571 cm³/mol. The van der Waals surface area contributed by atoms with Gasteiger partial charge in [-0.05, 0) is 56.1 Å². The zero-order valence-electron chi connectivity index (χ0n) is 82.5. The molecule has 24 nitrogen and oxygen atoms in total. The number of nitrogens with one attached hydrogen (secondary N) is 3. The van der Waals surface area contributed by atoms with E-state index in [1.54, 1.807) is 31.4 Å². The van der Waals surface area contributed by atoms with Crippen LogP contribution in [0.4, 0.5) is 0 Å². The minimum Gasteiger partial charge on any atom is -0.542 e. The minimum absolute atomic E-state index is 0. The Kier molecular flexibility index (Phi) is 162. The van der Waals surface area contributed by atoms with Gasteiger partial charge in [-0.2, -0.15) is 39.0 Å². The van der Waals surface area contributed by atoms with Crippen molar-refractivity contribution < 1.29 is 235 Å². The predicted octanol–water partition coefficient (Wildman–Crippen LogP) is 8.70. The first-order chi connectivity index (χ1) is 59.2. The summed E-state index contributed by atoms with van der Waals surface area (Å²) in [6.45, 7) is 63.2. The summed E-state index contributed by atoms with van der Waals surface area (Å²) in [5, 5.41) is 9.65. The summed E-state index contributed by atoms with van der Waals surface area (Å²) in [6, 6.07) is 45.8. The van der Waals surface area contributed by atoms with Gasteiger partial charge >= 0.3 is 0 Å². The van der Waals surface area contributed by atoms with Crippen LogP contribution in [0, 0.1) is 5.92 Å². The molecule has 10 saturated heterocycles. The van der Waals surface area contributed by atoms with E-state index in [1.807, 2.05) is 120 Å². The molecule has 6 amide bonds. The maximum absolute atomic E-state index is 11.0. The molecule has 136 heavy (non-hydrogen) atoms. The fourth-order valence-corrected chi connectivity index (χ4v) is 13.1. The summed E-state index contributed by atoms with van der Waals surface area (Å²) in [4.78, 5) is 108. The van der Waals surface area contributed by atoms with Gasteiger partial charge in [-0.1, -0.05) is 263 Å². The molecule has 0 spiro atoms. The van der Waals surface area contributed by atoms with Crippen LogP contribution in [0.5, 0.6) is 0 Å². The van der Waals surface area contributed by atoms with E-state index in [1.165, 1.54) is 75.5 Å². The fraction of sp³-hybridized carbons (Fsp3) is 0.667. The van der Waals surface area contributed by atoms with E-state index in [9.17, 15) is 33.6 Å². The number of likely N-dealkylation sites (N-methyl/N-ethyl adjacent to an activating group) is 2. The van der Waals surface area contributed by atoms with E-state index in [2.05, 4.69) is 247 Å². The third kappa shape index (κ3) is 83.9. The van der Waals surface area contributed by atoms with Crippen LogP contribution in [0.25, 0.3) is 0 Å². The Labute approximate surface area is 1000 Å². The smallest absolute Gasteiger partial charge is 0.219 e. The third-order valence-corrected chi connectivity index (χ3v) is 19.3. The molecule has 744 valence electrons. The minimum atomic E-state index is -0.667. The van der Waals surface area contributed by atoms with Crippen LogP contribution in [0.15, 0.2) is 121 Å². The molecule has 0 bridgehead atoms. The van der Waals surface area contributed by atoms with Crippen LogP contribution < -0.4 is 16.0 Å². The summed E-state index contributed by atoms with van der Waals surface area (Å²) in [5.41, 5.74) is 5.51. The third-order valence-electron chi connectivity index (χ3n) is 19.3. The van der Waals surface area contributed by atoms with Gasteiger partial charge in [0, 0.05) is 507 Å². The Bertz CT molecular complexity index is 2980. The fourth-order valence-electron chi connectivity index (χ4n) is 13.1. The first-order valence-electron chi connectivity index (χ1n) is 44.1. The second-order valence-corrected chi connectivity index (χ2v) is 28.0. The molecular formula is C96H178B10N16O8Y6-6. The van der Waals surface area contributed by atoms with Crippen LogP contribution in [-0.4, -0.2) is 431 Å². The van der Waals surface area contributed by atoms with E-state index in [0.29, 0.717) is 24.2 Å². The number of carbonyl (C=O) groups excluding carboxylic acids is 8. The molecule has 10 aliphatic rings. The molecular weight excluding hydrogens is 2150 g/mol. The number of carbonyl (C=O) groups is 2. The Morgan fingerprint density at radius 2 is 0.559 bits per heavy atom. The zero-order chi connectivity index (χ0) is 92.9. The second kappa shape index (κ2) is 124. The number of likely N-dealkylation sites (tertiary alicyclic amines) is 3. The monoisotopic (exact) mass is 2330 g/mol. The SMILES string of the molecule is C.C.C.C.C.C.C.CC.CC.CC.CC.CC.CC.CC(=O)N1CC(N2CCN([C-]=O)CC2)C1.CC(C)=O.CC1CN(C(c2ccccc2)c2ccccc2)C1.CN1CCN([C-]=O)CC1.CN1CCNCC1.C[C-]=O.O=[C-]N1CCN(C2CN(C(c3ccccc3)c3ccccc3)C2)CC1.O=[C-]N1CCN(C2CNC2)CC1.O=[C-]N1CCNCC1.[B].[B]B([B])[B].[B][B].[B][B][B].[Y].[Y].[Y].[Y].[Y].[Y]. The van der Waals surface area contributed by atoms with Gasteiger partial charge in [-0.15, -0.1) is 0 Å². The van der Waals surface area contributed by atoms with Crippen molar-refractivity contribution >= 4 is 126 Å². The van der Waals surface area contributed by atoms with E-state index >= 15 is 0 Å². The van der Waals surface area contributed by atoms with Crippen LogP contribution in [0.1, 0.15) is 204 Å². The maximum Gasteiger partial charge on any atom is 0.219 e. The van der Waals surface area contributed by atoms with Gasteiger partial charge in [-0.3, -0.25) is 35.6 Å². The molecule has 10 heterocycles. The van der Waals surface area contributed by atoms with Gasteiger partial charge in [0.1, 0.15) is 5.78 Å². The summed E-state index contributed by atoms with van der Waals surface area (Å²) >= 11 is 0. The van der Waals surface area contributed by atoms with Crippen molar-refractivity contribution in [1.29, 1.82) is 0 Å². The molecule has 24 radical (unpaired) electrons.